The number of methoxy groups -OCH3 is 1. The fourth-order valence-electron chi connectivity index (χ4n) is 2.43. The van der Waals surface area contributed by atoms with Crippen molar-refractivity contribution in [2.75, 3.05) is 33.3 Å². The van der Waals surface area contributed by atoms with E-state index in [2.05, 4.69) is 37.2 Å². The number of alkyl halides is 2. The third kappa shape index (κ3) is 3.49. The van der Waals surface area contributed by atoms with E-state index >= 15 is 0 Å². The number of phenols is 1. The van der Waals surface area contributed by atoms with Crippen LogP contribution in [-0.2, 0) is 0 Å². The van der Waals surface area contributed by atoms with Crippen molar-refractivity contribution >= 4 is 31.9 Å². The van der Waals surface area contributed by atoms with E-state index in [1.807, 2.05) is 0 Å². The maximum atomic E-state index is 13.6. The highest BCUT2D eigenvalue weighted by Crippen LogP contribution is 2.45. The maximum Gasteiger partial charge on any atom is 0.258 e. The summed E-state index contributed by atoms with van der Waals surface area (Å²) in [6.07, 6.45) is -2.54. The first-order chi connectivity index (χ1) is 9.97. The molecule has 1 saturated heterocycles. The number of halogens is 4. The van der Waals surface area contributed by atoms with Crippen molar-refractivity contribution in [3.8, 4) is 11.5 Å². The van der Waals surface area contributed by atoms with Crippen molar-refractivity contribution in [3.63, 3.8) is 0 Å². The first-order valence-corrected chi connectivity index (χ1v) is 8.03. The number of nitrogens with one attached hydrogen (secondary N) is 1. The molecule has 0 unspecified atom stereocenters. The zero-order valence-corrected chi connectivity index (χ0v) is 14.5. The van der Waals surface area contributed by atoms with E-state index in [1.54, 1.807) is 4.90 Å². The Hall–Kier alpha value is -0.440. The highest BCUT2D eigenvalue weighted by molar-refractivity contribution is 9.13. The van der Waals surface area contributed by atoms with Crippen molar-refractivity contribution in [1.29, 1.82) is 0 Å². The van der Waals surface area contributed by atoms with Gasteiger partial charge in [0.2, 0.25) is 0 Å². The average molecular weight is 430 g/mol. The number of hydrogen-bond donors (Lipinski definition) is 2. The number of phenolic OH excluding ortho intramolecular Hbond substituents is 1. The second-order valence-electron chi connectivity index (χ2n) is 4.71. The predicted molar refractivity (Wildman–Crippen MR) is 83.2 cm³/mol. The van der Waals surface area contributed by atoms with E-state index in [1.165, 1.54) is 13.2 Å². The summed E-state index contributed by atoms with van der Waals surface area (Å²) in [5.74, 6) is 0.0577. The second-order valence-corrected chi connectivity index (χ2v) is 6.30. The third-order valence-corrected chi connectivity index (χ3v) is 5.65. The molecule has 1 aliphatic rings. The van der Waals surface area contributed by atoms with Crippen LogP contribution in [0.5, 0.6) is 11.5 Å². The molecular formula is C13H16Br2F2N2O2. The zero-order chi connectivity index (χ0) is 15.6. The quantitative estimate of drug-likeness (QED) is 0.771. The third-order valence-electron chi connectivity index (χ3n) is 3.50. The molecule has 0 aliphatic carbocycles. The number of piperazine rings is 1. The lowest BCUT2D eigenvalue weighted by Crippen LogP contribution is -2.47. The maximum absolute atomic E-state index is 13.6. The molecule has 0 amide bonds. The molecule has 1 aromatic carbocycles. The van der Waals surface area contributed by atoms with Gasteiger partial charge in [-0.05, 0) is 43.5 Å². The number of aromatic hydroxyl groups is 1. The van der Waals surface area contributed by atoms with Gasteiger partial charge < -0.3 is 15.2 Å². The average Bonchev–Trinajstić information content (AvgIpc) is 2.48. The Morgan fingerprint density at radius 3 is 2.43 bits per heavy atom. The van der Waals surface area contributed by atoms with Crippen LogP contribution in [-0.4, -0.2) is 49.7 Å². The van der Waals surface area contributed by atoms with Crippen molar-refractivity contribution in [2.24, 2.45) is 0 Å². The summed E-state index contributed by atoms with van der Waals surface area (Å²) in [6.45, 7) is 2.44. The Bertz CT molecular complexity index is 511. The molecule has 1 atom stereocenters. The van der Waals surface area contributed by atoms with Crippen molar-refractivity contribution in [3.05, 3.63) is 20.6 Å². The minimum Gasteiger partial charge on any atom is -0.503 e. The van der Waals surface area contributed by atoms with Crippen LogP contribution in [0.2, 0.25) is 0 Å². The monoisotopic (exact) mass is 428 g/mol. The topological polar surface area (TPSA) is 44.7 Å². The lowest BCUT2D eigenvalue weighted by molar-refractivity contribution is 0.0177. The van der Waals surface area contributed by atoms with Crippen molar-refractivity contribution < 1.29 is 18.6 Å². The zero-order valence-electron chi connectivity index (χ0n) is 11.4. The molecule has 4 nitrogen and oxygen atoms in total. The molecule has 21 heavy (non-hydrogen) atoms. The van der Waals surface area contributed by atoms with Crippen LogP contribution in [0.4, 0.5) is 8.78 Å². The van der Waals surface area contributed by atoms with Gasteiger partial charge in [0.25, 0.3) is 6.43 Å². The van der Waals surface area contributed by atoms with Crippen LogP contribution in [0.1, 0.15) is 11.6 Å². The molecule has 1 heterocycles. The minimum atomic E-state index is -2.54. The summed E-state index contributed by atoms with van der Waals surface area (Å²) >= 11 is 6.50. The summed E-state index contributed by atoms with van der Waals surface area (Å²) < 4.78 is 33.0. The van der Waals surface area contributed by atoms with Crippen LogP contribution in [0, 0.1) is 0 Å². The Morgan fingerprint density at radius 1 is 1.29 bits per heavy atom. The Morgan fingerprint density at radius 2 is 1.90 bits per heavy atom. The first-order valence-electron chi connectivity index (χ1n) is 6.45. The molecule has 0 spiro atoms. The van der Waals surface area contributed by atoms with E-state index in [9.17, 15) is 13.9 Å². The lowest BCUT2D eigenvalue weighted by atomic mass is 10.0. The first kappa shape index (κ1) is 16.9. The van der Waals surface area contributed by atoms with Crippen molar-refractivity contribution in [2.45, 2.75) is 12.5 Å². The van der Waals surface area contributed by atoms with E-state index < -0.39 is 12.5 Å². The molecule has 0 aromatic heterocycles. The van der Waals surface area contributed by atoms with Gasteiger partial charge in [0.05, 0.1) is 17.6 Å². The molecule has 2 N–H and O–H groups in total. The van der Waals surface area contributed by atoms with Crippen molar-refractivity contribution in [1.82, 2.24) is 10.2 Å². The van der Waals surface area contributed by atoms with Crippen LogP contribution < -0.4 is 10.1 Å². The number of ether oxygens (including phenoxy) is 1. The largest absolute Gasteiger partial charge is 0.503 e. The molecule has 8 heteroatoms. The van der Waals surface area contributed by atoms with Crippen LogP contribution in [0.25, 0.3) is 0 Å². The molecular weight excluding hydrogens is 414 g/mol. The number of benzene rings is 1. The molecule has 1 aliphatic heterocycles. The Labute approximate surface area is 138 Å². The smallest absolute Gasteiger partial charge is 0.258 e. The lowest BCUT2D eigenvalue weighted by Gasteiger charge is -2.35. The molecule has 0 saturated carbocycles. The molecule has 0 radical (unpaired) electrons. The molecule has 1 fully saturated rings. The van der Waals surface area contributed by atoms with Crippen LogP contribution in [0.15, 0.2) is 15.0 Å². The van der Waals surface area contributed by atoms with E-state index in [4.69, 9.17) is 4.74 Å². The number of nitrogens with zero attached hydrogens (tertiary/aromatic N) is 1. The Kier molecular flexibility index (Phi) is 5.81. The standard InChI is InChI=1S/C13H16Br2F2N2O2/c1-21-8-6-7(9(14)10(15)12(8)20)11(13(16)17)19-4-2-18-3-5-19/h6,11,13,18,20H,2-5H2,1H3/t11-/m1/s1. The summed E-state index contributed by atoms with van der Waals surface area (Å²) in [4.78, 5) is 1.74. The summed E-state index contributed by atoms with van der Waals surface area (Å²) in [5.41, 5.74) is 0.397. The van der Waals surface area contributed by atoms with Gasteiger partial charge in [-0.25, -0.2) is 8.78 Å². The van der Waals surface area contributed by atoms with E-state index in [-0.39, 0.29) is 11.5 Å². The summed E-state index contributed by atoms with van der Waals surface area (Å²) in [5, 5.41) is 13.1. The highest BCUT2D eigenvalue weighted by Gasteiger charge is 2.33. The number of rotatable bonds is 4. The van der Waals surface area contributed by atoms with Gasteiger partial charge in [0.15, 0.2) is 11.5 Å². The van der Waals surface area contributed by atoms with Gasteiger partial charge in [0.1, 0.15) is 0 Å². The summed E-state index contributed by atoms with van der Waals surface area (Å²) in [7, 11) is 1.39. The number of hydrogen-bond acceptors (Lipinski definition) is 4. The Balaban J connectivity index is 2.47. The van der Waals surface area contributed by atoms with Crippen LogP contribution in [0.3, 0.4) is 0 Å². The fraction of sp³-hybridized carbons (Fsp3) is 0.538. The predicted octanol–water partition coefficient (Wildman–Crippen LogP) is 3.14. The minimum absolute atomic E-state index is 0.110. The second kappa shape index (κ2) is 7.21. The van der Waals surface area contributed by atoms with Gasteiger partial charge in [0, 0.05) is 30.7 Å². The van der Waals surface area contributed by atoms with Gasteiger partial charge in [-0.15, -0.1) is 0 Å². The van der Waals surface area contributed by atoms with Gasteiger partial charge in [-0.1, -0.05) is 0 Å². The molecule has 2 rings (SSSR count). The van der Waals surface area contributed by atoms with Gasteiger partial charge in [-0.2, -0.15) is 0 Å². The van der Waals surface area contributed by atoms with Gasteiger partial charge in [-0.3, -0.25) is 4.90 Å². The van der Waals surface area contributed by atoms with Gasteiger partial charge >= 0.3 is 0 Å². The van der Waals surface area contributed by atoms with Crippen LogP contribution >= 0.6 is 31.9 Å². The fourth-order valence-corrected chi connectivity index (χ4v) is 3.40. The molecule has 1 aromatic rings. The summed E-state index contributed by atoms with van der Waals surface area (Å²) in [6, 6.07) is 0.413. The van der Waals surface area contributed by atoms with E-state index in [0.717, 1.165) is 0 Å². The SMILES string of the molecule is COc1cc([C@H](C(F)F)N2CCNCC2)c(Br)c(Br)c1O. The molecule has 118 valence electrons. The van der Waals surface area contributed by atoms with E-state index in [0.29, 0.717) is 40.7 Å². The normalized spacial score (nSPS) is 18.0. The highest BCUT2D eigenvalue weighted by atomic mass is 79.9. The molecule has 0 bridgehead atoms.